The lowest BCUT2D eigenvalue weighted by Gasteiger charge is -2.43. The van der Waals surface area contributed by atoms with Crippen molar-refractivity contribution in [2.75, 3.05) is 6.61 Å². The summed E-state index contributed by atoms with van der Waals surface area (Å²) < 4.78 is 8.24. The molecule has 1 atom stereocenters. The zero-order valence-corrected chi connectivity index (χ0v) is 19.1. The Bertz CT molecular complexity index is 645. The number of halogens is 1. The van der Waals surface area contributed by atoms with Gasteiger partial charge in [-0.2, -0.15) is 0 Å². The number of hydrogen-bond acceptors (Lipinski definition) is 1. The number of rotatable bonds is 6. The van der Waals surface area contributed by atoms with Crippen LogP contribution >= 0.6 is 22.6 Å². The molecule has 0 aliphatic rings. The van der Waals surface area contributed by atoms with E-state index >= 15 is 0 Å². The van der Waals surface area contributed by atoms with E-state index in [1.54, 1.807) is 0 Å². The fourth-order valence-corrected chi connectivity index (χ4v) is 8.74. The Hall–Kier alpha value is -0.913. The van der Waals surface area contributed by atoms with Gasteiger partial charge in [-0.1, -0.05) is 94.4 Å². The Morgan fingerprint density at radius 3 is 1.80 bits per heavy atom. The van der Waals surface area contributed by atoms with Gasteiger partial charge in [0.15, 0.2) is 0 Å². The van der Waals surface area contributed by atoms with Crippen LogP contribution in [-0.4, -0.2) is 14.9 Å². The van der Waals surface area contributed by atoms with Gasteiger partial charge in [-0.15, -0.1) is 0 Å². The highest BCUT2D eigenvalue weighted by atomic mass is 127. The van der Waals surface area contributed by atoms with Gasteiger partial charge in [-0.05, 0) is 54.4 Å². The van der Waals surface area contributed by atoms with Crippen molar-refractivity contribution < 1.29 is 4.43 Å². The van der Waals surface area contributed by atoms with E-state index in [4.69, 9.17) is 4.43 Å². The molecule has 0 fully saturated rings. The number of benzene rings is 2. The molecule has 0 saturated carbocycles. The van der Waals surface area contributed by atoms with Crippen molar-refractivity contribution in [2.24, 2.45) is 5.92 Å². The second kappa shape index (κ2) is 8.65. The predicted octanol–water partition coefficient (Wildman–Crippen LogP) is 5.54. The van der Waals surface area contributed by atoms with E-state index in [-0.39, 0.29) is 5.04 Å². The molecule has 0 spiro atoms. The molecule has 134 valence electrons. The standard InChI is InChI=1S/C22H29IOSi/c1-18(16-19(2)23)17-24-25(22(3,4)5,20-12-8-6-9-13-20)21-14-10-7-11-15-21/h6-16,18H,17H2,1-5H3/b19-16-/t18-/m0/s1. The summed E-state index contributed by atoms with van der Waals surface area (Å²) in [7, 11) is -2.39. The van der Waals surface area contributed by atoms with Crippen molar-refractivity contribution in [3.63, 3.8) is 0 Å². The van der Waals surface area contributed by atoms with Gasteiger partial charge >= 0.3 is 0 Å². The Labute approximate surface area is 167 Å². The van der Waals surface area contributed by atoms with E-state index in [9.17, 15) is 0 Å². The van der Waals surface area contributed by atoms with Crippen LogP contribution < -0.4 is 10.4 Å². The summed E-state index contributed by atoms with van der Waals surface area (Å²) in [6.45, 7) is 12.1. The van der Waals surface area contributed by atoms with Gasteiger partial charge < -0.3 is 4.43 Å². The maximum atomic E-state index is 6.92. The molecule has 0 saturated heterocycles. The predicted molar refractivity (Wildman–Crippen MR) is 121 cm³/mol. The van der Waals surface area contributed by atoms with E-state index in [2.05, 4.69) is 124 Å². The molecule has 0 radical (unpaired) electrons. The molecule has 3 heteroatoms. The first-order valence-corrected chi connectivity index (χ1v) is 11.8. The van der Waals surface area contributed by atoms with Crippen LogP contribution in [0.5, 0.6) is 0 Å². The molecular formula is C22H29IOSi. The Balaban J connectivity index is 2.55. The maximum absolute atomic E-state index is 6.92. The van der Waals surface area contributed by atoms with Gasteiger partial charge in [0.2, 0.25) is 0 Å². The van der Waals surface area contributed by atoms with E-state index < -0.39 is 8.32 Å². The first kappa shape index (κ1) is 20.4. The van der Waals surface area contributed by atoms with Gasteiger partial charge in [0.1, 0.15) is 0 Å². The van der Waals surface area contributed by atoms with Crippen molar-refractivity contribution in [2.45, 2.75) is 39.7 Å². The fourth-order valence-electron chi connectivity index (χ4n) is 3.46. The minimum absolute atomic E-state index is 0.0402. The monoisotopic (exact) mass is 464 g/mol. The van der Waals surface area contributed by atoms with Gasteiger partial charge in [0.05, 0.1) is 0 Å². The highest BCUT2D eigenvalue weighted by molar-refractivity contribution is 14.1. The van der Waals surface area contributed by atoms with Crippen molar-refractivity contribution in [1.82, 2.24) is 0 Å². The molecular weight excluding hydrogens is 435 g/mol. The van der Waals surface area contributed by atoms with Crippen LogP contribution in [0.15, 0.2) is 70.3 Å². The summed E-state index contributed by atoms with van der Waals surface area (Å²) in [6, 6.07) is 21.7. The zero-order chi connectivity index (χ0) is 18.5. The first-order valence-electron chi connectivity index (χ1n) is 8.86. The first-order chi connectivity index (χ1) is 11.8. The average Bonchev–Trinajstić information content (AvgIpc) is 2.55. The quantitative estimate of drug-likeness (QED) is 0.403. The molecule has 0 aromatic heterocycles. The lowest BCUT2D eigenvalue weighted by molar-refractivity contribution is 0.267. The average molecular weight is 464 g/mol. The fraction of sp³-hybridized carbons (Fsp3) is 0.364. The largest absolute Gasteiger partial charge is 0.407 e. The Morgan fingerprint density at radius 2 is 1.44 bits per heavy atom. The van der Waals surface area contributed by atoms with Crippen molar-refractivity contribution in [3.8, 4) is 0 Å². The van der Waals surface area contributed by atoms with Crippen LogP contribution in [-0.2, 0) is 4.43 Å². The normalized spacial score (nSPS) is 14.4. The minimum atomic E-state index is -2.39. The highest BCUT2D eigenvalue weighted by Gasteiger charge is 2.50. The molecule has 0 bridgehead atoms. The van der Waals surface area contributed by atoms with Gasteiger partial charge in [-0.3, -0.25) is 0 Å². The second-order valence-corrected chi connectivity index (χ2v) is 13.7. The molecule has 25 heavy (non-hydrogen) atoms. The molecule has 0 N–H and O–H groups in total. The molecule has 2 rings (SSSR count). The van der Waals surface area contributed by atoms with Crippen molar-refractivity contribution in [3.05, 3.63) is 70.3 Å². The Morgan fingerprint density at radius 1 is 1.00 bits per heavy atom. The summed E-state index contributed by atoms with van der Waals surface area (Å²) in [5, 5.41) is 2.73. The third kappa shape index (κ3) is 4.83. The van der Waals surface area contributed by atoms with Crippen LogP contribution in [0.25, 0.3) is 0 Å². The molecule has 0 aliphatic heterocycles. The molecule has 2 aromatic carbocycles. The molecule has 0 amide bonds. The number of hydrogen-bond donors (Lipinski definition) is 0. The topological polar surface area (TPSA) is 9.23 Å². The van der Waals surface area contributed by atoms with Crippen molar-refractivity contribution in [1.29, 1.82) is 0 Å². The maximum Gasteiger partial charge on any atom is 0.261 e. The smallest absolute Gasteiger partial charge is 0.261 e. The SMILES string of the molecule is C/C(I)=C/[C@H](C)CO[Si](c1ccccc1)(c1ccccc1)C(C)(C)C. The summed E-state index contributed by atoms with van der Waals surface area (Å²) >= 11 is 2.37. The number of allylic oxidation sites excluding steroid dienone is 1. The molecule has 2 aromatic rings. The van der Waals surface area contributed by atoms with Crippen LogP contribution in [0.1, 0.15) is 34.6 Å². The summed E-state index contributed by atoms with van der Waals surface area (Å²) in [4.78, 5) is 0. The summed E-state index contributed by atoms with van der Waals surface area (Å²) in [5.74, 6) is 0.401. The van der Waals surface area contributed by atoms with Crippen molar-refractivity contribution >= 4 is 41.3 Å². The molecule has 0 unspecified atom stereocenters. The Kier molecular flexibility index (Phi) is 7.06. The molecule has 1 nitrogen and oxygen atoms in total. The van der Waals surface area contributed by atoms with Crippen LogP contribution in [0.4, 0.5) is 0 Å². The third-order valence-corrected chi connectivity index (χ3v) is 9.86. The lowest BCUT2D eigenvalue weighted by Crippen LogP contribution is -2.66. The minimum Gasteiger partial charge on any atom is -0.407 e. The highest BCUT2D eigenvalue weighted by Crippen LogP contribution is 2.37. The van der Waals surface area contributed by atoms with Crippen LogP contribution in [0.2, 0.25) is 5.04 Å². The summed E-state index contributed by atoms with van der Waals surface area (Å²) in [6.07, 6.45) is 2.29. The van der Waals surface area contributed by atoms with Gasteiger partial charge in [0.25, 0.3) is 8.32 Å². The third-order valence-electron chi connectivity index (χ3n) is 4.49. The van der Waals surface area contributed by atoms with E-state index in [1.807, 2.05) is 0 Å². The van der Waals surface area contributed by atoms with Gasteiger partial charge in [0, 0.05) is 6.61 Å². The van der Waals surface area contributed by atoms with E-state index in [0.717, 1.165) is 6.61 Å². The lowest BCUT2D eigenvalue weighted by atomic mass is 10.2. The van der Waals surface area contributed by atoms with Crippen LogP contribution in [0, 0.1) is 5.92 Å². The summed E-state index contributed by atoms with van der Waals surface area (Å²) in [5.41, 5.74) is 0. The van der Waals surface area contributed by atoms with Crippen LogP contribution in [0.3, 0.4) is 0 Å². The molecule has 0 heterocycles. The zero-order valence-electron chi connectivity index (χ0n) is 15.9. The molecule has 0 aliphatic carbocycles. The van der Waals surface area contributed by atoms with E-state index in [0.29, 0.717) is 5.92 Å². The van der Waals surface area contributed by atoms with E-state index in [1.165, 1.54) is 14.0 Å². The van der Waals surface area contributed by atoms with Gasteiger partial charge in [-0.25, -0.2) is 0 Å². The second-order valence-electron chi connectivity index (χ2n) is 7.70.